The largest absolute Gasteiger partial charge is 0.479 e. The molecule has 6 atom stereocenters. The number of esters is 3. The molecule has 1 fully saturated rings. The minimum Gasteiger partial charge on any atom is -0.479 e. The highest BCUT2D eigenvalue weighted by Crippen LogP contribution is 2.27. The van der Waals surface area contributed by atoms with Crippen LogP contribution in [0.15, 0.2) is 24.3 Å². The van der Waals surface area contributed by atoms with E-state index in [1.807, 2.05) is 0 Å². The number of aliphatic carboxylic acids is 1. The zero-order valence-corrected chi connectivity index (χ0v) is 55.4. The SMILES string of the molecule is CCCCCCCC/C=C\CCCCCCCCCCCC(=O)OCC(COC1OC(C(=O)O)C(O)C(O)C1OC(=O)CCCCCCCCCCCCCCCCCCC)OC(=O)CCCCCCCCCCC/C=C\CCCCCCCC. The predicted molar refractivity (Wildman–Crippen MR) is 350 cm³/mol. The second-order valence-corrected chi connectivity index (χ2v) is 25.2. The Hall–Kier alpha value is -2.80. The monoisotopic (exact) mass is 1200 g/mol. The van der Waals surface area contributed by atoms with Crippen LogP contribution in [0.25, 0.3) is 0 Å². The minimum atomic E-state index is -1.90. The maximum absolute atomic E-state index is 13.3. The Morgan fingerprint density at radius 3 is 1.00 bits per heavy atom. The first kappa shape index (κ1) is 80.2. The Morgan fingerprint density at radius 1 is 0.376 bits per heavy atom. The first-order valence-electron chi connectivity index (χ1n) is 36.3. The molecule has 0 radical (unpaired) electrons. The molecular formula is C73H134O12. The quantitative estimate of drug-likeness (QED) is 0.0228. The standard InChI is InChI=1S/C73H134O12/c1-4-7-10-13-16-19-22-25-28-31-33-36-38-41-44-47-50-53-56-59-65(74)81-62-64(83-66(75)60-57-54-51-48-45-42-40-37-34-32-29-26-23-20-17-14-11-8-5-2)63-82-73-71(69(78)68(77)70(85-73)72(79)80)84-67(76)61-58-55-52-49-46-43-39-35-30-27-24-21-18-15-12-9-6-3/h25-26,28-29,64,68-71,73,77-78H,4-24,27,30-63H2,1-3H3,(H,79,80)/b28-25-,29-26-. The lowest BCUT2D eigenvalue weighted by molar-refractivity contribution is -0.301. The smallest absolute Gasteiger partial charge is 0.335 e. The van der Waals surface area contributed by atoms with E-state index >= 15 is 0 Å². The van der Waals surface area contributed by atoms with Gasteiger partial charge < -0.3 is 39.0 Å². The van der Waals surface area contributed by atoms with Crippen molar-refractivity contribution < 1.29 is 58.2 Å². The van der Waals surface area contributed by atoms with Gasteiger partial charge in [-0.1, -0.05) is 302 Å². The fourth-order valence-electron chi connectivity index (χ4n) is 11.4. The van der Waals surface area contributed by atoms with E-state index in [0.29, 0.717) is 19.3 Å². The van der Waals surface area contributed by atoms with E-state index in [1.165, 1.54) is 250 Å². The number of carbonyl (C=O) groups is 4. The summed E-state index contributed by atoms with van der Waals surface area (Å²) >= 11 is 0. The molecule has 12 nitrogen and oxygen atoms in total. The van der Waals surface area contributed by atoms with Crippen LogP contribution in [-0.2, 0) is 42.9 Å². The van der Waals surface area contributed by atoms with Gasteiger partial charge in [0.05, 0.1) is 6.61 Å². The summed E-state index contributed by atoms with van der Waals surface area (Å²) in [5, 5.41) is 31.7. The normalized spacial score (nSPS) is 17.5. The van der Waals surface area contributed by atoms with Gasteiger partial charge in [0.25, 0.3) is 0 Å². The van der Waals surface area contributed by atoms with Crippen LogP contribution in [0.1, 0.15) is 367 Å². The Labute approximate surface area is 521 Å². The van der Waals surface area contributed by atoms with Crippen LogP contribution in [-0.4, -0.2) is 89.2 Å². The number of rotatable bonds is 64. The fourth-order valence-corrected chi connectivity index (χ4v) is 11.4. The van der Waals surface area contributed by atoms with E-state index in [-0.39, 0.29) is 25.9 Å². The second-order valence-electron chi connectivity index (χ2n) is 25.2. The van der Waals surface area contributed by atoms with Crippen LogP contribution in [0.3, 0.4) is 0 Å². The molecule has 12 heteroatoms. The summed E-state index contributed by atoms with van der Waals surface area (Å²) in [5.74, 6) is -3.07. The molecule has 3 N–H and O–H groups in total. The predicted octanol–water partition coefficient (Wildman–Crippen LogP) is 20.1. The molecule has 85 heavy (non-hydrogen) atoms. The number of aliphatic hydroxyl groups excluding tert-OH is 2. The van der Waals surface area contributed by atoms with Crippen molar-refractivity contribution in [2.45, 2.75) is 404 Å². The number of hydrogen-bond donors (Lipinski definition) is 3. The molecule has 0 aliphatic carbocycles. The number of unbranched alkanes of at least 4 members (excludes halogenated alkanes) is 46. The molecule has 0 spiro atoms. The summed E-state index contributed by atoms with van der Waals surface area (Å²) < 4.78 is 28.7. The van der Waals surface area contributed by atoms with Crippen molar-refractivity contribution in [3.05, 3.63) is 24.3 Å². The molecule has 0 bridgehead atoms. The lowest BCUT2D eigenvalue weighted by Gasteiger charge is -2.40. The lowest BCUT2D eigenvalue weighted by Crippen LogP contribution is -2.61. The minimum absolute atomic E-state index is 0.0678. The summed E-state index contributed by atoms with van der Waals surface area (Å²) in [5.41, 5.74) is 0. The summed E-state index contributed by atoms with van der Waals surface area (Å²) in [6, 6.07) is 0. The maximum atomic E-state index is 13.3. The van der Waals surface area contributed by atoms with Crippen molar-refractivity contribution in [3.63, 3.8) is 0 Å². The molecule has 498 valence electrons. The first-order chi connectivity index (χ1) is 41.6. The Bertz CT molecular complexity index is 1570. The lowest BCUT2D eigenvalue weighted by atomic mass is 9.98. The molecule has 0 amide bonds. The topological polar surface area (TPSA) is 175 Å². The summed E-state index contributed by atoms with van der Waals surface area (Å²) in [6.07, 6.45) is 61.3. The maximum Gasteiger partial charge on any atom is 0.335 e. The van der Waals surface area contributed by atoms with Crippen molar-refractivity contribution in [1.29, 1.82) is 0 Å². The molecule has 0 saturated carbocycles. The van der Waals surface area contributed by atoms with E-state index in [2.05, 4.69) is 45.1 Å². The van der Waals surface area contributed by atoms with Crippen LogP contribution in [0, 0.1) is 0 Å². The number of aliphatic hydroxyl groups is 2. The number of allylic oxidation sites excluding steroid dienone is 4. The van der Waals surface area contributed by atoms with Crippen molar-refractivity contribution in [2.75, 3.05) is 13.2 Å². The third-order valence-electron chi connectivity index (χ3n) is 17.0. The number of carbonyl (C=O) groups excluding carboxylic acids is 3. The van der Waals surface area contributed by atoms with Crippen molar-refractivity contribution in [1.82, 2.24) is 0 Å². The molecular weight excluding hydrogens is 1070 g/mol. The highest BCUT2D eigenvalue weighted by Gasteiger charge is 2.50. The molecule has 0 aromatic rings. The van der Waals surface area contributed by atoms with E-state index in [0.717, 1.165) is 57.8 Å². The van der Waals surface area contributed by atoms with Crippen molar-refractivity contribution in [2.24, 2.45) is 0 Å². The van der Waals surface area contributed by atoms with E-state index in [1.54, 1.807) is 0 Å². The Kier molecular flexibility index (Phi) is 58.0. The van der Waals surface area contributed by atoms with Gasteiger partial charge in [-0.25, -0.2) is 4.79 Å². The summed E-state index contributed by atoms with van der Waals surface area (Å²) in [7, 11) is 0. The van der Waals surface area contributed by atoms with Crippen molar-refractivity contribution in [3.8, 4) is 0 Å². The molecule has 1 aliphatic heterocycles. The highest BCUT2D eigenvalue weighted by atomic mass is 16.7. The molecule has 0 aromatic heterocycles. The summed E-state index contributed by atoms with van der Waals surface area (Å²) in [4.78, 5) is 51.5. The van der Waals surface area contributed by atoms with Gasteiger partial charge in [0.2, 0.25) is 0 Å². The van der Waals surface area contributed by atoms with Gasteiger partial charge in [-0.3, -0.25) is 14.4 Å². The van der Waals surface area contributed by atoms with Gasteiger partial charge in [0.15, 0.2) is 24.6 Å². The Balaban J connectivity index is 2.61. The highest BCUT2D eigenvalue weighted by molar-refractivity contribution is 5.74. The van der Waals surface area contributed by atoms with Crippen LogP contribution in [0.2, 0.25) is 0 Å². The number of ether oxygens (including phenoxy) is 5. The van der Waals surface area contributed by atoms with Crippen LogP contribution in [0.4, 0.5) is 0 Å². The third kappa shape index (κ3) is 50.7. The zero-order chi connectivity index (χ0) is 61.7. The van der Waals surface area contributed by atoms with E-state index < -0.39 is 67.3 Å². The van der Waals surface area contributed by atoms with Crippen LogP contribution in [0.5, 0.6) is 0 Å². The molecule has 1 aliphatic rings. The van der Waals surface area contributed by atoms with Gasteiger partial charge in [-0.2, -0.15) is 0 Å². The van der Waals surface area contributed by atoms with Gasteiger partial charge in [0, 0.05) is 19.3 Å². The molecule has 1 saturated heterocycles. The number of hydrogen-bond acceptors (Lipinski definition) is 11. The third-order valence-corrected chi connectivity index (χ3v) is 17.0. The van der Waals surface area contributed by atoms with Gasteiger partial charge in [0.1, 0.15) is 18.8 Å². The van der Waals surface area contributed by atoms with E-state index in [4.69, 9.17) is 23.7 Å². The van der Waals surface area contributed by atoms with Crippen LogP contribution < -0.4 is 0 Å². The van der Waals surface area contributed by atoms with E-state index in [9.17, 15) is 34.5 Å². The zero-order valence-electron chi connectivity index (χ0n) is 55.4. The molecule has 1 heterocycles. The Morgan fingerprint density at radius 2 is 0.671 bits per heavy atom. The molecule has 6 unspecified atom stereocenters. The van der Waals surface area contributed by atoms with Gasteiger partial charge in [-0.15, -0.1) is 0 Å². The average Bonchev–Trinajstić information content (AvgIpc) is 3.46. The van der Waals surface area contributed by atoms with Gasteiger partial charge in [-0.05, 0) is 70.6 Å². The summed E-state index contributed by atoms with van der Waals surface area (Å²) in [6.45, 7) is 6.07. The first-order valence-corrected chi connectivity index (χ1v) is 36.3. The van der Waals surface area contributed by atoms with Crippen LogP contribution >= 0.6 is 0 Å². The molecule has 1 rings (SSSR count). The average molecular weight is 1200 g/mol. The number of carboxylic acid groups (broad SMARTS) is 1. The second kappa shape index (κ2) is 61.4. The molecule has 0 aromatic carbocycles. The fraction of sp³-hybridized carbons (Fsp3) is 0.890. The van der Waals surface area contributed by atoms with Crippen molar-refractivity contribution >= 4 is 23.9 Å². The van der Waals surface area contributed by atoms with Gasteiger partial charge >= 0.3 is 23.9 Å². The number of carboxylic acids is 1.